The summed E-state index contributed by atoms with van der Waals surface area (Å²) in [5.41, 5.74) is 2.25. The molecule has 3 aromatic rings. The molecule has 2 aromatic carbocycles. The van der Waals surface area contributed by atoms with Crippen LogP contribution in [0.4, 0.5) is 5.69 Å². The molecular formula is C21H21N3O3S. The van der Waals surface area contributed by atoms with Gasteiger partial charge in [-0.2, -0.15) is 0 Å². The van der Waals surface area contributed by atoms with Gasteiger partial charge in [0.1, 0.15) is 16.5 Å². The summed E-state index contributed by atoms with van der Waals surface area (Å²) in [6.07, 6.45) is 0. The molecule has 144 valence electrons. The van der Waals surface area contributed by atoms with Crippen LogP contribution in [0.5, 0.6) is 11.5 Å². The van der Waals surface area contributed by atoms with Gasteiger partial charge in [0.15, 0.2) is 0 Å². The van der Waals surface area contributed by atoms with Crippen molar-refractivity contribution in [1.82, 2.24) is 10.2 Å². The fraction of sp³-hybridized carbons (Fsp3) is 0.190. The van der Waals surface area contributed by atoms with Crippen LogP contribution in [0.15, 0.2) is 65.7 Å². The number of carbonyl (C=O) groups is 1. The summed E-state index contributed by atoms with van der Waals surface area (Å²) in [6.45, 7) is 2.44. The van der Waals surface area contributed by atoms with Crippen LogP contribution in [-0.2, 0) is 4.79 Å². The first kappa shape index (κ1) is 19.7. The second-order valence-electron chi connectivity index (χ2n) is 5.72. The zero-order valence-electron chi connectivity index (χ0n) is 15.7. The Morgan fingerprint density at radius 3 is 2.46 bits per heavy atom. The molecule has 28 heavy (non-hydrogen) atoms. The molecule has 0 atom stereocenters. The molecule has 0 bridgehead atoms. The molecule has 0 saturated carbocycles. The van der Waals surface area contributed by atoms with E-state index >= 15 is 0 Å². The number of amides is 1. The van der Waals surface area contributed by atoms with Gasteiger partial charge in [-0.25, -0.2) is 0 Å². The van der Waals surface area contributed by atoms with E-state index in [1.807, 2.05) is 67.6 Å². The Labute approximate surface area is 168 Å². The Hall–Kier alpha value is -3.06. The van der Waals surface area contributed by atoms with Crippen molar-refractivity contribution in [3.05, 3.63) is 60.7 Å². The highest BCUT2D eigenvalue weighted by Gasteiger charge is 2.10. The van der Waals surface area contributed by atoms with Crippen molar-refractivity contribution in [3.63, 3.8) is 0 Å². The first-order valence-electron chi connectivity index (χ1n) is 8.83. The fourth-order valence-corrected chi connectivity index (χ4v) is 3.19. The minimum Gasteiger partial charge on any atom is -0.496 e. The molecule has 1 heterocycles. The highest BCUT2D eigenvalue weighted by atomic mass is 32.2. The van der Waals surface area contributed by atoms with Gasteiger partial charge < -0.3 is 14.8 Å². The molecule has 1 amide bonds. The minimum absolute atomic E-state index is 0.132. The van der Waals surface area contributed by atoms with Gasteiger partial charge in [0.2, 0.25) is 5.91 Å². The van der Waals surface area contributed by atoms with Gasteiger partial charge in [-0.05, 0) is 43.3 Å². The van der Waals surface area contributed by atoms with Crippen LogP contribution < -0.4 is 14.8 Å². The van der Waals surface area contributed by atoms with Crippen LogP contribution in [0.1, 0.15) is 6.92 Å². The van der Waals surface area contributed by atoms with Gasteiger partial charge in [0.05, 0.1) is 30.9 Å². The van der Waals surface area contributed by atoms with Crippen LogP contribution in [0.2, 0.25) is 0 Å². The van der Waals surface area contributed by atoms with E-state index < -0.39 is 0 Å². The Balaban J connectivity index is 1.60. The molecule has 1 N–H and O–H groups in total. The number of aromatic nitrogens is 2. The number of nitrogens with zero attached hydrogens (tertiary/aromatic N) is 2. The van der Waals surface area contributed by atoms with Gasteiger partial charge in [-0.15, -0.1) is 10.2 Å². The number of ether oxygens (including phenoxy) is 2. The van der Waals surface area contributed by atoms with E-state index in [2.05, 4.69) is 15.5 Å². The van der Waals surface area contributed by atoms with Crippen LogP contribution >= 0.6 is 11.8 Å². The summed E-state index contributed by atoms with van der Waals surface area (Å²) in [5.74, 6) is 1.49. The third-order valence-electron chi connectivity index (χ3n) is 3.84. The van der Waals surface area contributed by atoms with Crippen LogP contribution in [0.3, 0.4) is 0 Å². The van der Waals surface area contributed by atoms with Gasteiger partial charge >= 0.3 is 0 Å². The number of methoxy groups -OCH3 is 1. The second kappa shape index (κ2) is 9.75. The van der Waals surface area contributed by atoms with Crippen molar-refractivity contribution in [2.24, 2.45) is 0 Å². The SMILES string of the molecule is CCOc1ccccc1NC(=O)CSc1ccc(-c2ccccc2OC)nn1. The fourth-order valence-electron chi connectivity index (χ4n) is 2.57. The maximum Gasteiger partial charge on any atom is 0.234 e. The molecule has 0 aliphatic heterocycles. The van der Waals surface area contributed by atoms with Gasteiger partial charge in [0.25, 0.3) is 0 Å². The largest absolute Gasteiger partial charge is 0.496 e. The quantitative estimate of drug-likeness (QED) is 0.574. The van der Waals surface area contributed by atoms with Gasteiger partial charge in [-0.1, -0.05) is 36.0 Å². The number of nitrogens with one attached hydrogen (secondary N) is 1. The topological polar surface area (TPSA) is 73.3 Å². The summed E-state index contributed by atoms with van der Waals surface area (Å²) >= 11 is 1.32. The Bertz CT molecular complexity index is 932. The predicted molar refractivity (Wildman–Crippen MR) is 111 cm³/mol. The number of benzene rings is 2. The summed E-state index contributed by atoms with van der Waals surface area (Å²) in [6, 6.07) is 18.7. The smallest absolute Gasteiger partial charge is 0.234 e. The normalized spacial score (nSPS) is 10.4. The van der Waals surface area contributed by atoms with Crippen molar-refractivity contribution in [1.29, 1.82) is 0 Å². The van der Waals surface area contributed by atoms with E-state index in [-0.39, 0.29) is 11.7 Å². The molecule has 7 heteroatoms. The molecule has 1 aromatic heterocycles. The van der Waals surface area contributed by atoms with Gasteiger partial charge in [0, 0.05) is 5.56 Å². The van der Waals surface area contributed by atoms with Crippen LogP contribution in [-0.4, -0.2) is 35.6 Å². The number of para-hydroxylation sites is 3. The van der Waals surface area contributed by atoms with E-state index in [1.165, 1.54) is 11.8 Å². The minimum atomic E-state index is -0.132. The van der Waals surface area contributed by atoms with Crippen molar-refractivity contribution in [2.45, 2.75) is 11.9 Å². The maximum atomic E-state index is 12.3. The predicted octanol–water partition coefficient (Wildman–Crippen LogP) is 4.28. The summed E-state index contributed by atoms with van der Waals surface area (Å²) < 4.78 is 10.9. The molecule has 6 nitrogen and oxygen atoms in total. The molecule has 0 spiro atoms. The molecule has 0 aliphatic rings. The second-order valence-corrected chi connectivity index (χ2v) is 6.72. The number of anilines is 1. The molecule has 0 radical (unpaired) electrons. The van der Waals surface area contributed by atoms with E-state index in [0.717, 1.165) is 17.0 Å². The van der Waals surface area contributed by atoms with E-state index in [0.29, 0.717) is 23.1 Å². The van der Waals surface area contributed by atoms with E-state index in [9.17, 15) is 4.79 Å². The Morgan fingerprint density at radius 2 is 1.75 bits per heavy atom. The highest BCUT2D eigenvalue weighted by Crippen LogP contribution is 2.28. The molecule has 0 saturated heterocycles. The van der Waals surface area contributed by atoms with Gasteiger partial charge in [-0.3, -0.25) is 4.79 Å². The lowest BCUT2D eigenvalue weighted by atomic mass is 10.1. The van der Waals surface area contributed by atoms with Crippen molar-refractivity contribution in [2.75, 3.05) is 24.8 Å². The number of hydrogen-bond acceptors (Lipinski definition) is 6. The summed E-state index contributed by atoms with van der Waals surface area (Å²) in [4.78, 5) is 12.3. The number of carbonyl (C=O) groups excluding carboxylic acids is 1. The van der Waals surface area contributed by atoms with Crippen molar-refractivity contribution < 1.29 is 14.3 Å². The lowest BCUT2D eigenvalue weighted by Crippen LogP contribution is -2.15. The average molecular weight is 395 g/mol. The first-order valence-corrected chi connectivity index (χ1v) is 9.81. The average Bonchev–Trinajstić information content (AvgIpc) is 2.74. The number of thioether (sulfide) groups is 1. The van der Waals surface area contributed by atoms with E-state index in [1.54, 1.807) is 7.11 Å². The lowest BCUT2D eigenvalue weighted by Gasteiger charge is -2.11. The standard InChI is InChI=1S/C21H21N3O3S/c1-3-27-19-11-7-5-9-17(19)22-20(25)14-28-21-13-12-16(23-24-21)15-8-4-6-10-18(15)26-2/h4-13H,3,14H2,1-2H3,(H,22,25). The monoisotopic (exact) mass is 395 g/mol. The molecule has 3 rings (SSSR count). The zero-order chi connectivity index (χ0) is 19.8. The molecule has 0 fully saturated rings. The number of rotatable bonds is 8. The first-order chi connectivity index (χ1) is 13.7. The molecule has 0 unspecified atom stereocenters. The third kappa shape index (κ3) is 5.01. The third-order valence-corrected chi connectivity index (χ3v) is 4.76. The van der Waals surface area contributed by atoms with Crippen molar-refractivity contribution in [3.8, 4) is 22.8 Å². The Kier molecular flexibility index (Phi) is 6.86. The number of hydrogen-bond donors (Lipinski definition) is 1. The van der Waals surface area contributed by atoms with Crippen LogP contribution in [0, 0.1) is 0 Å². The molecule has 0 aliphatic carbocycles. The highest BCUT2D eigenvalue weighted by molar-refractivity contribution is 7.99. The van der Waals surface area contributed by atoms with E-state index in [4.69, 9.17) is 9.47 Å². The zero-order valence-corrected chi connectivity index (χ0v) is 16.5. The maximum absolute atomic E-state index is 12.3. The molecular weight excluding hydrogens is 374 g/mol. The van der Waals surface area contributed by atoms with Crippen LogP contribution in [0.25, 0.3) is 11.3 Å². The van der Waals surface area contributed by atoms with Crippen molar-refractivity contribution >= 4 is 23.4 Å². The summed E-state index contributed by atoms with van der Waals surface area (Å²) in [5, 5.41) is 12.0. The summed E-state index contributed by atoms with van der Waals surface area (Å²) in [7, 11) is 1.62. The lowest BCUT2D eigenvalue weighted by molar-refractivity contribution is -0.113. The Morgan fingerprint density at radius 1 is 1.00 bits per heavy atom.